The average molecular weight is 402 g/mol. The van der Waals surface area contributed by atoms with E-state index in [1.165, 1.54) is 12.1 Å². The molecule has 0 spiro atoms. The first-order valence-corrected chi connectivity index (χ1v) is 9.83. The molecule has 2 heterocycles. The van der Waals surface area contributed by atoms with Gasteiger partial charge in [-0.3, -0.25) is 14.4 Å². The van der Waals surface area contributed by atoms with Gasteiger partial charge in [-0.1, -0.05) is 48.5 Å². The summed E-state index contributed by atoms with van der Waals surface area (Å²) in [6.07, 6.45) is 0.767. The summed E-state index contributed by atoms with van der Waals surface area (Å²) in [6.45, 7) is 2.08. The van der Waals surface area contributed by atoms with Crippen LogP contribution in [-0.4, -0.2) is 27.6 Å². The van der Waals surface area contributed by atoms with Crippen LogP contribution in [0.15, 0.2) is 71.5 Å². The standard InChI is InChI=1S/C23H22N4O3/c1-16-13-18-9-5-6-10-20(18)27(16)23(30)19-11-12-22(29)26(25-19)15-21(28)24-14-17-7-3-2-4-8-17/h2-12,16H,13-15H2,1H3,(H,24,28)/t16-/m1/s1. The van der Waals surface area contributed by atoms with Gasteiger partial charge in [-0.25, -0.2) is 4.68 Å². The summed E-state index contributed by atoms with van der Waals surface area (Å²) in [5.74, 6) is -0.635. The van der Waals surface area contributed by atoms with E-state index in [9.17, 15) is 14.4 Å². The number of aromatic nitrogens is 2. The molecule has 4 rings (SSSR count). The van der Waals surface area contributed by atoms with Crippen molar-refractivity contribution in [3.05, 3.63) is 93.9 Å². The third-order valence-electron chi connectivity index (χ3n) is 5.14. The lowest BCUT2D eigenvalue weighted by Gasteiger charge is -2.22. The molecule has 152 valence electrons. The molecular weight excluding hydrogens is 380 g/mol. The van der Waals surface area contributed by atoms with Gasteiger partial charge >= 0.3 is 0 Å². The number of carbonyl (C=O) groups is 2. The summed E-state index contributed by atoms with van der Waals surface area (Å²) >= 11 is 0. The third kappa shape index (κ3) is 4.00. The number of anilines is 1. The molecule has 2 amide bonds. The van der Waals surface area contributed by atoms with Crippen LogP contribution >= 0.6 is 0 Å². The normalized spacial score (nSPS) is 15.0. The van der Waals surface area contributed by atoms with Crippen LogP contribution in [0.2, 0.25) is 0 Å². The van der Waals surface area contributed by atoms with Crippen molar-refractivity contribution in [2.75, 3.05) is 4.90 Å². The smallest absolute Gasteiger partial charge is 0.278 e. The number of benzene rings is 2. The van der Waals surface area contributed by atoms with Crippen LogP contribution in [0, 0.1) is 0 Å². The lowest BCUT2D eigenvalue weighted by molar-refractivity contribution is -0.122. The number of hydrogen-bond donors (Lipinski definition) is 1. The van der Waals surface area contributed by atoms with E-state index in [4.69, 9.17) is 0 Å². The van der Waals surface area contributed by atoms with Crippen LogP contribution in [0.4, 0.5) is 5.69 Å². The van der Waals surface area contributed by atoms with Crippen LogP contribution < -0.4 is 15.8 Å². The minimum absolute atomic E-state index is 0.00810. The molecule has 30 heavy (non-hydrogen) atoms. The molecule has 0 fully saturated rings. The van der Waals surface area contributed by atoms with Crippen molar-refractivity contribution in [1.29, 1.82) is 0 Å². The fourth-order valence-corrected chi connectivity index (χ4v) is 3.66. The van der Waals surface area contributed by atoms with Gasteiger partial charge < -0.3 is 10.2 Å². The van der Waals surface area contributed by atoms with Crippen LogP contribution in [0.25, 0.3) is 0 Å². The Morgan fingerprint density at radius 1 is 1.03 bits per heavy atom. The zero-order valence-corrected chi connectivity index (χ0v) is 16.6. The molecular formula is C23H22N4O3. The van der Waals surface area contributed by atoms with Crippen LogP contribution in [0.5, 0.6) is 0 Å². The third-order valence-corrected chi connectivity index (χ3v) is 5.14. The van der Waals surface area contributed by atoms with E-state index in [0.717, 1.165) is 27.9 Å². The summed E-state index contributed by atoms with van der Waals surface area (Å²) in [7, 11) is 0. The van der Waals surface area contributed by atoms with E-state index in [1.807, 2.05) is 61.5 Å². The molecule has 0 saturated carbocycles. The molecule has 1 atom stereocenters. The minimum atomic E-state index is -0.434. The van der Waals surface area contributed by atoms with Crippen molar-refractivity contribution in [3.8, 4) is 0 Å². The molecule has 3 aromatic rings. The molecule has 7 nitrogen and oxygen atoms in total. The summed E-state index contributed by atoms with van der Waals surface area (Å²) in [5, 5.41) is 6.94. The van der Waals surface area contributed by atoms with Crippen LogP contribution in [0.3, 0.4) is 0 Å². The first-order chi connectivity index (χ1) is 14.5. The number of hydrogen-bond acceptors (Lipinski definition) is 4. The second kappa shape index (κ2) is 8.32. The van der Waals surface area contributed by atoms with Crippen molar-refractivity contribution in [2.45, 2.75) is 32.5 Å². The van der Waals surface area contributed by atoms with E-state index in [2.05, 4.69) is 10.4 Å². The number of fused-ring (bicyclic) bond motifs is 1. The predicted molar refractivity (Wildman–Crippen MR) is 113 cm³/mol. The van der Waals surface area contributed by atoms with E-state index in [0.29, 0.717) is 6.54 Å². The van der Waals surface area contributed by atoms with E-state index < -0.39 is 5.56 Å². The van der Waals surface area contributed by atoms with E-state index in [1.54, 1.807) is 4.90 Å². The molecule has 0 radical (unpaired) electrons. The van der Waals surface area contributed by atoms with Crippen LogP contribution in [0.1, 0.15) is 28.5 Å². The lowest BCUT2D eigenvalue weighted by Crippen LogP contribution is -2.38. The number of carbonyl (C=O) groups excluding carboxylic acids is 2. The molecule has 0 saturated heterocycles. The monoisotopic (exact) mass is 402 g/mol. The van der Waals surface area contributed by atoms with Crippen molar-refractivity contribution >= 4 is 17.5 Å². The fraction of sp³-hybridized carbons (Fsp3) is 0.217. The summed E-state index contributed by atoms with van der Waals surface area (Å²) in [4.78, 5) is 39.3. The quantitative estimate of drug-likeness (QED) is 0.709. The van der Waals surface area contributed by atoms with Gasteiger partial charge in [0.15, 0.2) is 0 Å². The molecule has 1 N–H and O–H groups in total. The van der Waals surface area contributed by atoms with Crippen molar-refractivity contribution < 1.29 is 9.59 Å². The molecule has 1 aliphatic heterocycles. The Morgan fingerprint density at radius 2 is 1.77 bits per heavy atom. The van der Waals surface area contributed by atoms with Gasteiger partial charge in [0.05, 0.1) is 0 Å². The number of nitrogens with zero attached hydrogens (tertiary/aromatic N) is 3. The Kier molecular flexibility index (Phi) is 5.43. The maximum atomic E-state index is 13.1. The highest BCUT2D eigenvalue weighted by Gasteiger charge is 2.32. The maximum absolute atomic E-state index is 13.1. The Bertz CT molecular complexity index is 1140. The SMILES string of the molecule is C[C@@H]1Cc2ccccc2N1C(=O)c1ccc(=O)n(CC(=O)NCc2ccccc2)n1. The van der Waals surface area contributed by atoms with Crippen LogP contribution in [-0.2, 0) is 24.3 Å². The van der Waals surface area contributed by atoms with Gasteiger partial charge in [-0.2, -0.15) is 5.10 Å². The predicted octanol–water partition coefficient (Wildman–Crippen LogP) is 2.15. The molecule has 1 aliphatic rings. The lowest BCUT2D eigenvalue weighted by atomic mass is 10.1. The van der Waals surface area contributed by atoms with Gasteiger partial charge in [0.2, 0.25) is 5.91 Å². The molecule has 2 aromatic carbocycles. The number of amides is 2. The highest BCUT2D eigenvalue weighted by molar-refractivity contribution is 6.06. The zero-order valence-electron chi connectivity index (χ0n) is 16.6. The summed E-state index contributed by atoms with van der Waals surface area (Å²) < 4.78 is 1.03. The highest BCUT2D eigenvalue weighted by atomic mass is 16.2. The Morgan fingerprint density at radius 3 is 2.57 bits per heavy atom. The number of nitrogens with one attached hydrogen (secondary N) is 1. The summed E-state index contributed by atoms with van der Waals surface area (Å²) in [5.41, 5.74) is 2.61. The average Bonchev–Trinajstić information content (AvgIpc) is 3.09. The second-order valence-electron chi connectivity index (χ2n) is 7.33. The largest absolute Gasteiger partial charge is 0.350 e. The van der Waals surface area contributed by atoms with Gasteiger partial charge in [0, 0.05) is 24.3 Å². The fourth-order valence-electron chi connectivity index (χ4n) is 3.66. The molecule has 7 heteroatoms. The first-order valence-electron chi connectivity index (χ1n) is 9.83. The zero-order chi connectivity index (χ0) is 21.1. The second-order valence-corrected chi connectivity index (χ2v) is 7.33. The van der Waals surface area contributed by atoms with Gasteiger partial charge in [-0.05, 0) is 36.6 Å². The van der Waals surface area contributed by atoms with E-state index in [-0.39, 0.29) is 30.1 Å². The van der Waals surface area contributed by atoms with Crippen molar-refractivity contribution in [2.24, 2.45) is 0 Å². The highest BCUT2D eigenvalue weighted by Crippen LogP contribution is 2.32. The van der Waals surface area contributed by atoms with E-state index >= 15 is 0 Å². The Balaban J connectivity index is 1.50. The molecule has 0 aliphatic carbocycles. The minimum Gasteiger partial charge on any atom is -0.350 e. The molecule has 1 aromatic heterocycles. The Labute approximate surface area is 174 Å². The maximum Gasteiger partial charge on any atom is 0.278 e. The topological polar surface area (TPSA) is 84.3 Å². The van der Waals surface area contributed by atoms with Gasteiger partial charge in [0.25, 0.3) is 11.5 Å². The van der Waals surface area contributed by atoms with Gasteiger partial charge in [-0.15, -0.1) is 0 Å². The molecule has 0 unspecified atom stereocenters. The van der Waals surface area contributed by atoms with Crippen molar-refractivity contribution in [3.63, 3.8) is 0 Å². The number of para-hydroxylation sites is 1. The van der Waals surface area contributed by atoms with Crippen molar-refractivity contribution in [1.82, 2.24) is 15.1 Å². The van der Waals surface area contributed by atoms with Gasteiger partial charge in [0.1, 0.15) is 12.2 Å². The first kappa shape index (κ1) is 19.6. The Hall–Kier alpha value is -3.74. The number of rotatable bonds is 5. The molecule has 0 bridgehead atoms. The summed E-state index contributed by atoms with van der Waals surface area (Å²) in [6, 6.07) is 19.9.